The standard InChI is InChI=1S/C20H25N3O2/c1-16-2-4-18(5-3-16)20(25)8-13-23(14-9-20)15-12-22-19(24)17-6-10-21-11-7-17/h2-7,10-11,25H,8-9,12-15H2,1H3,(H,22,24). The first-order chi connectivity index (χ1) is 12.1. The molecule has 1 fully saturated rings. The Bertz CT molecular complexity index is 693. The lowest BCUT2D eigenvalue weighted by atomic mass is 9.84. The number of pyridine rings is 1. The van der Waals surface area contributed by atoms with E-state index in [4.69, 9.17) is 0 Å². The lowest BCUT2D eigenvalue weighted by Crippen LogP contribution is -2.45. The minimum atomic E-state index is -0.732. The first-order valence-electron chi connectivity index (χ1n) is 8.77. The number of hydrogen-bond acceptors (Lipinski definition) is 4. The monoisotopic (exact) mass is 339 g/mol. The molecule has 0 atom stereocenters. The first-order valence-corrected chi connectivity index (χ1v) is 8.77. The van der Waals surface area contributed by atoms with Crippen LogP contribution in [0.15, 0.2) is 48.8 Å². The van der Waals surface area contributed by atoms with Crippen LogP contribution in [0.25, 0.3) is 0 Å². The van der Waals surface area contributed by atoms with Gasteiger partial charge in [0, 0.05) is 44.1 Å². The fourth-order valence-corrected chi connectivity index (χ4v) is 3.23. The second-order valence-electron chi connectivity index (χ2n) is 6.73. The molecule has 1 amide bonds. The zero-order valence-corrected chi connectivity index (χ0v) is 14.6. The molecule has 1 aliphatic rings. The third kappa shape index (κ3) is 4.44. The summed E-state index contributed by atoms with van der Waals surface area (Å²) in [5, 5.41) is 13.8. The summed E-state index contributed by atoms with van der Waals surface area (Å²) < 4.78 is 0. The molecular weight excluding hydrogens is 314 g/mol. The molecule has 0 radical (unpaired) electrons. The smallest absolute Gasteiger partial charge is 0.251 e. The topological polar surface area (TPSA) is 65.5 Å². The molecule has 0 unspecified atom stereocenters. The maximum Gasteiger partial charge on any atom is 0.251 e. The number of piperidine rings is 1. The second-order valence-corrected chi connectivity index (χ2v) is 6.73. The van der Waals surface area contributed by atoms with Crippen LogP contribution in [0.1, 0.15) is 34.3 Å². The number of hydrogen-bond donors (Lipinski definition) is 2. The second kappa shape index (κ2) is 7.76. The van der Waals surface area contributed by atoms with Crippen molar-refractivity contribution in [1.82, 2.24) is 15.2 Å². The maximum absolute atomic E-state index is 12.0. The summed E-state index contributed by atoms with van der Waals surface area (Å²) >= 11 is 0. The van der Waals surface area contributed by atoms with Crippen LogP contribution in [0.4, 0.5) is 0 Å². The SMILES string of the molecule is Cc1ccc(C2(O)CCN(CCNC(=O)c3ccncc3)CC2)cc1. The molecule has 0 saturated carbocycles. The van der Waals surface area contributed by atoms with Crippen LogP contribution in [0, 0.1) is 6.92 Å². The Morgan fingerprint density at radius 3 is 2.44 bits per heavy atom. The summed E-state index contributed by atoms with van der Waals surface area (Å²) in [5.41, 5.74) is 2.10. The van der Waals surface area contributed by atoms with E-state index in [-0.39, 0.29) is 5.91 Å². The highest BCUT2D eigenvalue weighted by molar-refractivity contribution is 5.93. The van der Waals surface area contributed by atoms with E-state index in [2.05, 4.69) is 22.1 Å². The van der Waals surface area contributed by atoms with E-state index in [1.165, 1.54) is 5.56 Å². The molecule has 0 bridgehead atoms. The van der Waals surface area contributed by atoms with Gasteiger partial charge in [-0.05, 0) is 37.5 Å². The van der Waals surface area contributed by atoms with Gasteiger partial charge in [-0.3, -0.25) is 9.78 Å². The normalized spacial score (nSPS) is 17.2. The number of amides is 1. The molecule has 25 heavy (non-hydrogen) atoms. The predicted molar refractivity (Wildman–Crippen MR) is 97.3 cm³/mol. The molecule has 2 aromatic rings. The minimum absolute atomic E-state index is 0.0735. The van der Waals surface area contributed by atoms with Crippen molar-refractivity contribution in [2.45, 2.75) is 25.4 Å². The summed E-state index contributed by atoms with van der Waals surface area (Å²) in [4.78, 5) is 18.2. The van der Waals surface area contributed by atoms with Crippen molar-refractivity contribution < 1.29 is 9.90 Å². The zero-order valence-electron chi connectivity index (χ0n) is 14.6. The van der Waals surface area contributed by atoms with Gasteiger partial charge >= 0.3 is 0 Å². The Morgan fingerprint density at radius 1 is 1.16 bits per heavy atom. The van der Waals surface area contributed by atoms with E-state index >= 15 is 0 Å². The number of carbonyl (C=O) groups excluding carboxylic acids is 1. The van der Waals surface area contributed by atoms with Gasteiger partial charge in [-0.1, -0.05) is 29.8 Å². The number of likely N-dealkylation sites (tertiary alicyclic amines) is 1. The first kappa shape index (κ1) is 17.6. The molecule has 5 heteroatoms. The predicted octanol–water partition coefficient (Wildman–Crippen LogP) is 2.10. The highest BCUT2D eigenvalue weighted by atomic mass is 16.3. The van der Waals surface area contributed by atoms with Crippen LogP contribution >= 0.6 is 0 Å². The summed E-state index contributed by atoms with van der Waals surface area (Å²) in [6, 6.07) is 11.6. The average Bonchev–Trinajstić information content (AvgIpc) is 2.64. The molecular formula is C20H25N3O2. The third-order valence-electron chi connectivity index (χ3n) is 4.93. The molecule has 1 aliphatic heterocycles. The van der Waals surface area contributed by atoms with Crippen LogP contribution < -0.4 is 5.32 Å². The highest BCUT2D eigenvalue weighted by Crippen LogP contribution is 2.32. The largest absolute Gasteiger partial charge is 0.385 e. The Kier molecular flexibility index (Phi) is 5.46. The van der Waals surface area contributed by atoms with E-state index < -0.39 is 5.60 Å². The minimum Gasteiger partial charge on any atom is -0.385 e. The van der Waals surface area contributed by atoms with Gasteiger partial charge in [0.1, 0.15) is 0 Å². The molecule has 1 aromatic carbocycles. The van der Waals surface area contributed by atoms with E-state index in [1.54, 1.807) is 24.5 Å². The van der Waals surface area contributed by atoms with E-state index in [9.17, 15) is 9.90 Å². The Morgan fingerprint density at radius 2 is 1.80 bits per heavy atom. The van der Waals surface area contributed by atoms with Crippen molar-refractivity contribution in [3.05, 3.63) is 65.5 Å². The average molecular weight is 339 g/mol. The summed E-state index contributed by atoms with van der Waals surface area (Å²) in [5.74, 6) is -0.0735. The van der Waals surface area contributed by atoms with Gasteiger partial charge in [-0.15, -0.1) is 0 Å². The molecule has 5 nitrogen and oxygen atoms in total. The van der Waals surface area contributed by atoms with Gasteiger partial charge in [0.15, 0.2) is 0 Å². The van der Waals surface area contributed by atoms with E-state index in [0.29, 0.717) is 24.9 Å². The van der Waals surface area contributed by atoms with E-state index in [1.807, 2.05) is 24.3 Å². The molecule has 2 heterocycles. The number of benzene rings is 1. The fourth-order valence-electron chi connectivity index (χ4n) is 3.23. The number of carbonyl (C=O) groups is 1. The van der Waals surface area contributed by atoms with Gasteiger partial charge < -0.3 is 15.3 Å². The quantitative estimate of drug-likeness (QED) is 0.876. The number of nitrogens with zero attached hydrogens (tertiary/aromatic N) is 2. The summed E-state index contributed by atoms with van der Waals surface area (Å²) in [6.45, 7) is 5.10. The van der Waals surface area contributed by atoms with E-state index in [0.717, 1.165) is 25.2 Å². The number of aryl methyl sites for hydroxylation is 1. The lowest BCUT2D eigenvalue weighted by Gasteiger charge is -2.38. The van der Waals surface area contributed by atoms with Crippen molar-refractivity contribution in [2.24, 2.45) is 0 Å². The number of aromatic nitrogens is 1. The van der Waals surface area contributed by atoms with Gasteiger partial charge in [-0.2, -0.15) is 0 Å². The van der Waals surface area contributed by atoms with Crippen LogP contribution in [0.5, 0.6) is 0 Å². The van der Waals surface area contributed by atoms with Gasteiger partial charge in [0.2, 0.25) is 0 Å². The van der Waals surface area contributed by atoms with Crippen LogP contribution in [0.2, 0.25) is 0 Å². The van der Waals surface area contributed by atoms with Crippen LogP contribution in [0.3, 0.4) is 0 Å². The Hall–Kier alpha value is -2.24. The Balaban J connectivity index is 1.45. The van der Waals surface area contributed by atoms with Gasteiger partial charge in [0.05, 0.1) is 5.60 Å². The third-order valence-corrected chi connectivity index (χ3v) is 4.93. The highest BCUT2D eigenvalue weighted by Gasteiger charge is 2.33. The molecule has 3 rings (SSSR count). The van der Waals surface area contributed by atoms with Gasteiger partial charge in [-0.25, -0.2) is 0 Å². The van der Waals surface area contributed by atoms with Crippen molar-refractivity contribution >= 4 is 5.91 Å². The molecule has 0 spiro atoms. The van der Waals surface area contributed by atoms with Crippen molar-refractivity contribution in [3.8, 4) is 0 Å². The molecule has 2 N–H and O–H groups in total. The summed E-state index contributed by atoms with van der Waals surface area (Å²) in [7, 11) is 0. The summed E-state index contributed by atoms with van der Waals surface area (Å²) in [6.07, 6.45) is 4.67. The van der Waals surface area contributed by atoms with Crippen LogP contribution in [-0.4, -0.2) is 47.1 Å². The number of aliphatic hydroxyl groups is 1. The molecule has 0 aliphatic carbocycles. The lowest BCUT2D eigenvalue weighted by molar-refractivity contribution is -0.0255. The van der Waals surface area contributed by atoms with Gasteiger partial charge in [0.25, 0.3) is 5.91 Å². The van der Waals surface area contributed by atoms with Crippen molar-refractivity contribution in [3.63, 3.8) is 0 Å². The van der Waals surface area contributed by atoms with Crippen LogP contribution in [-0.2, 0) is 5.60 Å². The molecule has 1 saturated heterocycles. The van der Waals surface area contributed by atoms with Crippen molar-refractivity contribution in [2.75, 3.05) is 26.2 Å². The number of nitrogens with one attached hydrogen (secondary N) is 1. The maximum atomic E-state index is 12.0. The number of rotatable bonds is 5. The zero-order chi connectivity index (χ0) is 17.7. The van der Waals surface area contributed by atoms with Crippen molar-refractivity contribution in [1.29, 1.82) is 0 Å². The Labute approximate surface area is 148 Å². The fraction of sp³-hybridized carbons (Fsp3) is 0.400. The molecule has 132 valence electrons. The molecule has 1 aromatic heterocycles.